The molecular weight excluding hydrogens is 245 g/mol. The monoisotopic (exact) mass is 265 g/mol. The zero-order chi connectivity index (χ0) is 14.2. The highest BCUT2D eigenvalue weighted by atomic mass is 19.1. The average molecular weight is 265 g/mol. The number of halogens is 1. The maximum absolute atomic E-state index is 13.6. The summed E-state index contributed by atoms with van der Waals surface area (Å²) in [6.07, 6.45) is 1.31. The van der Waals surface area contributed by atoms with Gasteiger partial charge in [-0.2, -0.15) is 0 Å². The molecule has 1 aliphatic heterocycles. The summed E-state index contributed by atoms with van der Waals surface area (Å²) in [6, 6.07) is 3.05. The lowest BCUT2D eigenvalue weighted by Crippen LogP contribution is -2.43. The van der Waals surface area contributed by atoms with Crippen LogP contribution in [0.25, 0.3) is 0 Å². The van der Waals surface area contributed by atoms with Crippen LogP contribution in [-0.4, -0.2) is 29.6 Å². The van der Waals surface area contributed by atoms with Crippen molar-refractivity contribution in [2.75, 3.05) is 18.0 Å². The van der Waals surface area contributed by atoms with Crippen LogP contribution in [0.3, 0.4) is 0 Å². The van der Waals surface area contributed by atoms with Gasteiger partial charge in [-0.15, -0.1) is 0 Å². The van der Waals surface area contributed by atoms with Gasteiger partial charge >= 0.3 is 0 Å². The predicted molar refractivity (Wildman–Crippen MR) is 73.2 cm³/mol. The van der Waals surface area contributed by atoms with Crippen molar-refractivity contribution in [1.82, 2.24) is 0 Å². The second-order valence-corrected chi connectivity index (χ2v) is 5.66. The molecule has 0 saturated carbocycles. The van der Waals surface area contributed by atoms with Gasteiger partial charge in [-0.1, -0.05) is 0 Å². The van der Waals surface area contributed by atoms with E-state index < -0.39 is 5.60 Å². The van der Waals surface area contributed by atoms with E-state index in [1.54, 1.807) is 13.0 Å². The lowest BCUT2D eigenvalue weighted by atomic mass is 9.92. The minimum Gasteiger partial charge on any atom is -0.390 e. The molecule has 1 aromatic rings. The molecule has 104 valence electrons. The van der Waals surface area contributed by atoms with Crippen molar-refractivity contribution in [3.63, 3.8) is 0 Å². The van der Waals surface area contributed by atoms with E-state index in [1.165, 1.54) is 13.0 Å². The van der Waals surface area contributed by atoms with E-state index >= 15 is 0 Å². The van der Waals surface area contributed by atoms with E-state index in [1.807, 2.05) is 6.92 Å². The molecule has 1 aliphatic rings. The van der Waals surface area contributed by atoms with Gasteiger partial charge in [0.15, 0.2) is 5.78 Å². The first-order chi connectivity index (χ1) is 8.80. The number of ketones is 1. The van der Waals surface area contributed by atoms with Crippen molar-refractivity contribution < 1.29 is 14.3 Å². The fourth-order valence-corrected chi connectivity index (χ4v) is 2.44. The molecule has 0 bridgehead atoms. The van der Waals surface area contributed by atoms with Gasteiger partial charge in [-0.3, -0.25) is 4.79 Å². The van der Waals surface area contributed by atoms with Crippen LogP contribution in [0.15, 0.2) is 12.1 Å². The first kappa shape index (κ1) is 14.0. The van der Waals surface area contributed by atoms with Crippen molar-refractivity contribution in [3.05, 3.63) is 29.1 Å². The minimum atomic E-state index is -0.637. The number of benzene rings is 1. The highest BCUT2D eigenvalue weighted by Crippen LogP contribution is 2.30. The largest absolute Gasteiger partial charge is 0.390 e. The summed E-state index contributed by atoms with van der Waals surface area (Å²) in [5, 5.41) is 9.96. The summed E-state index contributed by atoms with van der Waals surface area (Å²) in [5.74, 6) is -0.482. The zero-order valence-electron chi connectivity index (χ0n) is 11.7. The molecule has 0 aromatic heterocycles. The van der Waals surface area contributed by atoms with Crippen molar-refractivity contribution >= 4 is 11.5 Å². The number of carbonyl (C=O) groups excluding carboxylic acids is 1. The highest BCUT2D eigenvalue weighted by Gasteiger charge is 2.29. The van der Waals surface area contributed by atoms with Gasteiger partial charge in [-0.25, -0.2) is 4.39 Å². The number of rotatable bonds is 2. The quantitative estimate of drug-likeness (QED) is 0.836. The Morgan fingerprint density at radius 1 is 1.37 bits per heavy atom. The SMILES string of the molecule is CC(=O)c1cc(F)c(C)cc1N1CCC(C)(O)CC1. The molecule has 3 nitrogen and oxygen atoms in total. The normalized spacial score (nSPS) is 18.5. The first-order valence-electron chi connectivity index (χ1n) is 6.58. The Labute approximate surface area is 113 Å². The maximum atomic E-state index is 13.6. The minimum absolute atomic E-state index is 0.133. The molecule has 0 aliphatic carbocycles. The van der Waals surface area contributed by atoms with Gasteiger partial charge in [0.2, 0.25) is 0 Å². The summed E-state index contributed by atoms with van der Waals surface area (Å²) < 4.78 is 13.6. The van der Waals surface area contributed by atoms with Crippen LogP contribution in [0.4, 0.5) is 10.1 Å². The highest BCUT2D eigenvalue weighted by molar-refractivity contribution is 6.00. The summed E-state index contributed by atoms with van der Waals surface area (Å²) >= 11 is 0. The molecule has 1 fully saturated rings. The van der Waals surface area contributed by atoms with Crippen molar-refractivity contribution in [1.29, 1.82) is 0 Å². The summed E-state index contributed by atoms with van der Waals surface area (Å²) in [7, 11) is 0. The Hall–Kier alpha value is -1.42. The number of hydrogen-bond acceptors (Lipinski definition) is 3. The summed E-state index contributed by atoms with van der Waals surface area (Å²) in [5.41, 5.74) is 1.10. The third-order valence-electron chi connectivity index (χ3n) is 3.84. The molecule has 1 heterocycles. The number of aryl methyl sites for hydroxylation is 1. The molecular formula is C15H20FNO2. The molecule has 19 heavy (non-hydrogen) atoms. The molecule has 1 N–H and O–H groups in total. The number of aliphatic hydroxyl groups is 1. The van der Waals surface area contributed by atoms with Crippen molar-refractivity contribution in [3.8, 4) is 0 Å². The average Bonchev–Trinajstić information content (AvgIpc) is 2.32. The molecule has 0 unspecified atom stereocenters. The van der Waals surface area contributed by atoms with Gasteiger partial charge in [0.1, 0.15) is 5.82 Å². The van der Waals surface area contributed by atoms with Crippen LogP contribution >= 0.6 is 0 Å². The van der Waals surface area contributed by atoms with Crippen LogP contribution in [0.1, 0.15) is 42.6 Å². The topological polar surface area (TPSA) is 40.5 Å². The van der Waals surface area contributed by atoms with E-state index in [4.69, 9.17) is 0 Å². The Kier molecular flexibility index (Phi) is 3.63. The number of Topliss-reactive ketones (excluding diaryl/α,β-unsaturated/α-hetero) is 1. The molecule has 0 spiro atoms. The fourth-order valence-electron chi connectivity index (χ4n) is 2.44. The van der Waals surface area contributed by atoms with Crippen molar-refractivity contribution in [2.45, 2.75) is 39.2 Å². The third-order valence-corrected chi connectivity index (χ3v) is 3.84. The number of hydrogen-bond donors (Lipinski definition) is 1. The smallest absolute Gasteiger partial charge is 0.161 e. The Morgan fingerprint density at radius 2 is 1.95 bits per heavy atom. The Bertz CT molecular complexity index is 501. The van der Waals surface area contributed by atoms with Crippen molar-refractivity contribution in [2.24, 2.45) is 0 Å². The Balaban J connectivity index is 2.34. The van der Waals surface area contributed by atoms with Crippen LogP contribution in [0.2, 0.25) is 0 Å². The second kappa shape index (κ2) is 4.93. The molecule has 2 rings (SSSR count). The van der Waals surface area contributed by atoms with Gasteiger partial charge < -0.3 is 10.0 Å². The number of carbonyl (C=O) groups is 1. The fraction of sp³-hybridized carbons (Fsp3) is 0.533. The van der Waals surface area contributed by atoms with Gasteiger partial charge in [0.25, 0.3) is 0 Å². The van der Waals surface area contributed by atoms with Gasteiger partial charge in [0, 0.05) is 24.3 Å². The summed E-state index contributed by atoms with van der Waals surface area (Å²) in [6.45, 7) is 6.33. The molecule has 0 radical (unpaired) electrons. The van der Waals surface area contributed by atoms with Gasteiger partial charge in [-0.05, 0) is 51.3 Å². The van der Waals surface area contributed by atoms with E-state index in [9.17, 15) is 14.3 Å². The lowest BCUT2D eigenvalue weighted by molar-refractivity contribution is 0.0351. The standard InChI is InChI=1S/C15H20FNO2/c1-10-8-14(12(11(2)18)9-13(10)16)17-6-4-15(3,19)5-7-17/h8-9,19H,4-7H2,1-3H3. The molecule has 0 amide bonds. The molecule has 0 atom stereocenters. The lowest BCUT2D eigenvalue weighted by Gasteiger charge is -2.38. The van der Waals surface area contributed by atoms with Crippen LogP contribution < -0.4 is 4.90 Å². The first-order valence-corrected chi connectivity index (χ1v) is 6.58. The van der Waals surface area contributed by atoms with E-state index in [-0.39, 0.29) is 11.6 Å². The maximum Gasteiger partial charge on any atom is 0.161 e. The summed E-state index contributed by atoms with van der Waals surface area (Å²) in [4.78, 5) is 13.7. The van der Waals surface area contributed by atoms with E-state index in [2.05, 4.69) is 4.90 Å². The van der Waals surface area contributed by atoms with Gasteiger partial charge in [0.05, 0.1) is 5.60 Å². The Morgan fingerprint density at radius 3 is 2.47 bits per heavy atom. The molecule has 1 aromatic carbocycles. The van der Waals surface area contributed by atoms with Crippen LogP contribution in [0, 0.1) is 12.7 Å². The zero-order valence-corrected chi connectivity index (χ0v) is 11.7. The van der Waals surface area contributed by atoms with Crippen LogP contribution in [-0.2, 0) is 0 Å². The third kappa shape index (κ3) is 2.95. The van der Waals surface area contributed by atoms with Crippen LogP contribution in [0.5, 0.6) is 0 Å². The molecule has 4 heteroatoms. The number of nitrogens with zero attached hydrogens (tertiary/aromatic N) is 1. The predicted octanol–water partition coefficient (Wildman–Crippen LogP) is 2.69. The number of anilines is 1. The van der Waals surface area contributed by atoms with E-state index in [0.29, 0.717) is 37.1 Å². The number of piperidine rings is 1. The molecule has 1 saturated heterocycles. The second-order valence-electron chi connectivity index (χ2n) is 5.66. The van der Waals surface area contributed by atoms with E-state index in [0.717, 1.165) is 5.69 Å².